The first kappa shape index (κ1) is 11.3. The van der Waals surface area contributed by atoms with Gasteiger partial charge in [-0.15, -0.1) is 11.8 Å². The van der Waals surface area contributed by atoms with Crippen LogP contribution in [0.25, 0.3) is 0 Å². The van der Waals surface area contributed by atoms with Gasteiger partial charge in [-0.1, -0.05) is 0 Å². The third-order valence-corrected chi connectivity index (χ3v) is 4.77. The van der Waals surface area contributed by atoms with Crippen LogP contribution in [0.1, 0.15) is 25.7 Å². The largest absolute Gasteiger partial charge is 0.342 e. The van der Waals surface area contributed by atoms with Crippen LogP contribution in [0.3, 0.4) is 0 Å². The average Bonchev–Trinajstić information content (AvgIpc) is 2.82. The number of hydrogen-bond donors (Lipinski definition) is 1. The van der Waals surface area contributed by atoms with Crippen molar-refractivity contribution in [1.82, 2.24) is 10.2 Å². The van der Waals surface area contributed by atoms with E-state index in [0.29, 0.717) is 11.9 Å². The van der Waals surface area contributed by atoms with Gasteiger partial charge in [0.2, 0.25) is 5.91 Å². The Bertz CT molecular complexity index is 223. The Morgan fingerprint density at radius 3 is 2.67 bits per heavy atom. The Balaban J connectivity index is 1.87. The molecule has 0 radical (unpaired) electrons. The molecule has 2 fully saturated rings. The van der Waals surface area contributed by atoms with E-state index in [-0.39, 0.29) is 5.25 Å². The Labute approximate surface area is 96.0 Å². The number of rotatable bonds is 2. The van der Waals surface area contributed by atoms with E-state index in [1.807, 2.05) is 23.7 Å². The van der Waals surface area contributed by atoms with Crippen molar-refractivity contribution < 1.29 is 4.79 Å². The minimum Gasteiger partial charge on any atom is -0.342 e. The van der Waals surface area contributed by atoms with Crippen LogP contribution in [0.4, 0.5) is 0 Å². The Morgan fingerprint density at radius 2 is 2.07 bits per heavy atom. The second-order valence-electron chi connectivity index (χ2n) is 4.43. The zero-order chi connectivity index (χ0) is 10.7. The molecule has 0 saturated carbocycles. The van der Waals surface area contributed by atoms with Crippen LogP contribution in [0.5, 0.6) is 0 Å². The third-order valence-electron chi connectivity index (χ3n) is 3.41. The molecule has 1 amide bonds. The summed E-state index contributed by atoms with van der Waals surface area (Å²) in [5, 5.41) is 3.59. The number of amides is 1. The predicted octanol–water partition coefficient (Wildman–Crippen LogP) is 1.09. The third kappa shape index (κ3) is 2.67. The molecular weight excluding hydrogens is 208 g/mol. The molecule has 2 heterocycles. The second-order valence-corrected chi connectivity index (χ2v) is 5.74. The standard InChI is InChI=1S/C11H20N2OS/c1-13(9-4-6-12-7-5-9)11(14)10-3-2-8-15-10/h9-10,12H,2-8H2,1H3. The SMILES string of the molecule is CN(C(=O)C1CCCS1)C1CCNCC1. The molecule has 0 aromatic heterocycles. The highest BCUT2D eigenvalue weighted by molar-refractivity contribution is 8.00. The minimum absolute atomic E-state index is 0.255. The summed E-state index contributed by atoms with van der Waals surface area (Å²) in [4.78, 5) is 14.1. The van der Waals surface area contributed by atoms with E-state index in [2.05, 4.69) is 5.32 Å². The maximum absolute atomic E-state index is 12.1. The van der Waals surface area contributed by atoms with E-state index >= 15 is 0 Å². The first-order valence-electron chi connectivity index (χ1n) is 5.88. The van der Waals surface area contributed by atoms with Crippen LogP contribution < -0.4 is 5.32 Å². The monoisotopic (exact) mass is 228 g/mol. The van der Waals surface area contributed by atoms with Crippen molar-refractivity contribution in [2.45, 2.75) is 37.0 Å². The minimum atomic E-state index is 0.255. The summed E-state index contributed by atoms with van der Waals surface area (Å²) in [5.74, 6) is 1.53. The molecule has 2 rings (SSSR count). The number of hydrogen-bond acceptors (Lipinski definition) is 3. The first-order chi connectivity index (χ1) is 7.29. The van der Waals surface area contributed by atoms with Crippen molar-refractivity contribution >= 4 is 17.7 Å². The Morgan fingerprint density at radius 1 is 1.33 bits per heavy atom. The first-order valence-corrected chi connectivity index (χ1v) is 6.93. The zero-order valence-corrected chi connectivity index (χ0v) is 10.2. The molecule has 15 heavy (non-hydrogen) atoms. The summed E-state index contributed by atoms with van der Waals surface area (Å²) in [6, 6.07) is 0.472. The molecule has 1 unspecified atom stereocenters. The van der Waals surface area contributed by atoms with E-state index in [0.717, 1.165) is 38.1 Å². The van der Waals surface area contributed by atoms with Crippen LogP contribution in [-0.4, -0.2) is 48.0 Å². The van der Waals surface area contributed by atoms with Crippen molar-refractivity contribution in [3.05, 3.63) is 0 Å². The van der Waals surface area contributed by atoms with Gasteiger partial charge in [0.05, 0.1) is 5.25 Å². The van der Waals surface area contributed by atoms with E-state index in [9.17, 15) is 4.79 Å². The zero-order valence-electron chi connectivity index (χ0n) is 9.37. The van der Waals surface area contributed by atoms with E-state index < -0.39 is 0 Å². The molecule has 86 valence electrons. The van der Waals surface area contributed by atoms with Crippen LogP contribution >= 0.6 is 11.8 Å². The Kier molecular flexibility index (Phi) is 3.92. The van der Waals surface area contributed by atoms with Gasteiger partial charge in [-0.25, -0.2) is 0 Å². The summed E-state index contributed by atoms with van der Waals surface area (Å²) in [6.07, 6.45) is 4.51. The summed E-state index contributed by atoms with van der Waals surface area (Å²) in [7, 11) is 1.98. The van der Waals surface area contributed by atoms with Gasteiger partial charge in [0.1, 0.15) is 0 Å². The lowest BCUT2D eigenvalue weighted by Gasteiger charge is -2.33. The lowest BCUT2D eigenvalue weighted by atomic mass is 10.0. The van der Waals surface area contributed by atoms with Crippen LogP contribution in [0.2, 0.25) is 0 Å². The van der Waals surface area contributed by atoms with E-state index in [4.69, 9.17) is 0 Å². The fraction of sp³-hybridized carbons (Fsp3) is 0.909. The van der Waals surface area contributed by atoms with Gasteiger partial charge < -0.3 is 10.2 Å². The smallest absolute Gasteiger partial charge is 0.235 e. The summed E-state index contributed by atoms with van der Waals surface area (Å²) in [5.41, 5.74) is 0. The van der Waals surface area contributed by atoms with E-state index in [1.54, 1.807) is 0 Å². The van der Waals surface area contributed by atoms with Gasteiger partial charge in [0.25, 0.3) is 0 Å². The molecule has 0 aromatic rings. The molecule has 1 atom stereocenters. The van der Waals surface area contributed by atoms with Crippen LogP contribution in [-0.2, 0) is 4.79 Å². The van der Waals surface area contributed by atoms with E-state index in [1.165, 1.54) is 6.42 Å². The molecular formula is C11H20N2OS. The molecule has 0 bridgehead atoms. The van der Waals surface area contributed by atoms with Gasteiger partial charge in [-0.3, -0.25) is 4.79 Å². The summed E-state index contributed by atoms with van der Waals surface area (Å²) >= 11 is 1.84. The lowest BCUT2D eigenvalue weighted by Crippen LogP contribution is -2.46. The molecule has 3 nitrogen and oxygen atoms in total. The summed E-state index contributed by atoms with van der Waals surface area (Å²) in [6.45, 7) is 2.11. The van der Waals surface area contributed by atoms with Gasteiger partial charge in [-0.05, 0) is 44.5 Å². The fourth-order valence-corrected chi connectivity index (χ4v) is 3.63. The van der Waals surface area contributed by atoms with Crippen LogP contribution in [0, 0.1) is 0 Å². The number of thioether (sulfide) groups is 1. The number of carbonyl (C=O) groups excluding carboxylic acids is 1. The van der Waals surface area contributed by atoms with Gasteiger partial charge >= 0.3 is 0 Å². The van der Waals surface area contributed by atoms with Gasteiger partial charge in [-0.2, -0.15) is 0 Å². The van der Waals surface area contributed by atoms with Crippen molar-refractivity contribution in [3.8, 4) is 0 Å². The predicted molar refractivity (Wildman–Crippen MR) is 64.1 cm³/mol. The number of nitrogens with one attached hydrogen (secondary N) is 1. The normalized spacial score (nSPS) is 27.9. The van der Waals surface area contributed by atoms with Crippen molar-refractivity contribution in [3.63, 3.8) is 0 Å². The number of carbonyl (C=O) groups is 1. The molecule has 0 aliphatic carbocycles. The number of nitrogens with zero attached hydrogens (tertiary/aromatic N) is 1. The second kappa shape index (κ2) is 5.21. The Hall–Kier alpha value is -0.220. The highest BCUT2D eigenvalue weighted by Crippen LogP contribution is 2.28. The average molecular weight is 228 g/mol. The van der Waals surface area contributed by atoms with Crippen molar-refractivity contribution in [2.24, 2.45) is 0 Å². The topological polar surface area (TPSA) is 32.3 Å². The molecule has 4 heteroatoms. The lowest BCUT2D eigenvalue weighted by molar-refractivity contribution is -0.131. The molecule has 2 aliphatic rings. The maximum atomic E-state index is 12.1. The highest BCUT2D eigenvalue weighted by Gasteiger charge is 2.30. The number of piperidine rings is 1. The molecule has 1 N–H and O–H groups in total. The molecule has 2 saturated heterocycles. The molecule has 2 aliphatic heterocycles. The fourth-order valence-electron chi connectivity index (χ4n) is 2.37. The summed E-state index contributed by atoms with van der Waals surface area (Å²) < 4.78 is 0. The van der Waals surface area contributed by atoms with Crippen molar-refractivity contribution in [2.75, 3.05) is 25.9 Å². The molecule has 0 aromatic carbocycles. The quantitative estimate of drug-likeness (QED) is 0.768. The maximum Gasteiger partial charge on any atom is 0.235 e. The molecule has 0 spiro atoms. The van der Waals surface area contributed by atoms with Gasteiger partial charge in [0, 0.05) is 13.1 Å². The van der Waals surface area contributed by atoms with Crippen LogP contribution in [0.15, 0.2) is 0 Å². The van der Waals surface area contributed by atoms with Gasteiger partial charge in [0.15, 0.2) is 0 Å². The van der Waals surface area contributed by atoms with Crippen molar-refractivity contribution in [1.29, 1.82) is 0 Å². The highest BCUT2D eigenvalue weighted by atomic mass is 32.2.